The van der Waals surface area contributed by atoms with Gasteiger partial charge in [-0.2, -0.15) is 0 Å². The second-order valence-electron chi connectivity index (χ2n) is 4.90. The molecule has 1 fully saturated rings. The molecule has 0 bridgehead atoms. The molecule has 1 unspecified atom stereocenters. The third-order valence-electron chi connectivity index (χ3n) is 3.12. The van der Waals surface area contributed by atoms with Crippen LogP contribution in [0, 0.1) is 0 Å². The number of carboxylic acid groups (broad SMARTS) is 1. The molecule has 3 N–H and O–H groups in total. The van der Waals surface area contributed by atoms with Gasteiger partial charge in [-0.3, -0.25) is 5.32 Å². The zero-order chi connectivity index (χ0) is 14.5. The highest BCUT2D eigenvalue weighted by molar-refractivity contribution is 5.67. The van der Waals surface area contributed by atoms with Crippen molar-refractivity contribution in [3.8, 4) is 0 Å². The van der Waals surface area contributed by atoms with E-state index in [4.69, 9.17) is 5.11 Å². The minimum absolute atomic E-state index is 0.240. The number of pyridine rings is 1. The predicted octanol–water partition coefficient (Wildman–Crippen LogP) is 2.78. The molecule has 1 atom stereocenters. The van der Waals surface area contributed by atoms with E-state index in [1.807, 2.05) is 12.1 Å². The second kappa shape index (κ2) is 6.34. The van der Waals surface area contributed by atoms with Gasteiger partial charge in [0.05, 0.1) is 11.4 Å². The molecule has 1 aromatic heterocycles. The average Bonchev–Trinajstić information content (AvgIpc) is 3.21. The molecule has 1 amide bonds. The van der Waals surface area contributed by atoms with Gasteiger partial charge in [0, 0.05) is 18.3 Å². The summed E-state index contributed by atoms with van der Waals surface area (Å²) in [5, 5.41) is 14.2. The first kappa shape index (κ1) is 14.3. The van der Waals surface area contributed by atoms with Gasteiger partial charge in [0.1, 0.15) is 0 Å². The summed E-state index contributed by atoms with van der Waals surface area (Å²) < 4.78 is 0. The molecule has 20 heavy (non-hydrogen) atoms. The van der Waals surface area contributed by atoms with Gasteiger partial charge in [-0.1, -0.05) is 6.58 Å². The molecule has 106 valence electrons. The zero-order valence-electron chi connectivity index (χ0n) is 11.5. The molecular weight excluding hydrogens is 254 g/mol. The molecule has 0 saturated heterocycles. The molecule has 0 aromatic carbocycles. The lowest BCUT2D eigenvalue weighted by Crippen LogP contribution is -2.21. The van der Waals surface area contributed by atoms with Crippen molar-refractivity contribution < 1.29 is 9.90 Å². The van der Waals surface area contributed by atoms with Crippen molar-refractivity contribution in [2.45, 2.75) is 31.8 Å². The molecule has 1 saturated carbocycles. The smallest absolute Gasteiger partial charge is 0.408 e. The van der Waals surface area contributed by atoms with Crippen molar-refractivity contribution in [3.05, 3.63) is 41.9 Å². The van der Waals surface area contributed by atoms with Crippen molar-refractivity contribution in [1.29, 1.82) is 0 Å². The van der Waals surface area contributed by atoms with Crippen LogP contribution in [-0.4, -0.2) is 22.2 Å². The fourth-order valence-electron chi connectivity index (χ4n) is 1.93. The summed E-state index contributed by atoms with van der Waals surface area (Å²) in [6.07, 6.45) is 6.06. The number of rotatable bonds is 6. The number of nitrogens with zero attached hydrogens (tertiary/aromatic N) is 1. The highest BCUT2D eigenvalue weighted by Gasteiger charge is 2.23. The maximum atomic E-state index is 10.4. The van der Waals surface area contributed by atoms with E-state index in [1.54, 1.807) is 12.2 Å². The Hall–Kier alpha value is -2.14. The molecular formula is C15H19N3O2. The van der Waals surface area contributed by atoms with E-state index in [1.165, 1.54) is 19.0 Å². The fraction of sp³-hybridized carbons (Fsp3) is 0.333. The summed E-state index contributed by atoms with van der Waals surface area (Å²) in [6.45, 7) is 5.85. The van der Waals surface area contributed by atoms with Crippen LogP contribution in [0.4, 0.5) is 4.79 Å². The molecule has 0 aliphatic heterocycles. The van der Waals surface area contributed by atoms with Gasteiger partial charge >= 0.3 is 6.09 Å². The minimum Gasteiger partial charge on any atom is -0.465 e. The summed E-state index contributed by atoms with van der Waals surface area (Å²) in [6, 6.07) is 4.81. The molecule has 1 aliphatic carbocycles. The van der Waals surface area contributed by atoms with E-state index in [-0.39, 0.29) is 6.04 Å². The Morgan fingerprint density at radius 3 is 2.80 bits per heavy atom. The SMILES string of the molecule is C=Cc1cc(C(C)NC2CC2)cc(C=CNC(=O)O)n1. The van der Waals surface area contributed by atoms with Crippen molar-refractivity contribution >= 4 is 18.2 Å². The molecule has 1 aliphatic rings. The van der Waals surface area contributed by atoms with Gasteiger partial charge in [-0.15, -0.1) is 0 Å². The van der Waals surface area contributed by atoms with Crippen molar-refractivity contribution in [2.24, 2.45) is 0 Å². The van der Waals surface area contributed by atoms with E-state index >= 15 is 0 Å². The first-order valence-corrected chi connectivity index (χ1v) is 6.65. The third-order valence-corrected chi connectivity index (χ3v) is 3.12. The highest BCUT2D eigenvalue weighted by Crippen LogP contribution is 2.24. The van der Waals surface area contributed by atoms with E-state index in [0.717, 1.165) is 11.3 Å². The summed E-state index contributed by atoms with van der Waals surface area (Å²) in [7, 11) is 0. The van der Waals surface area contributed by atoms with Gasteiger partial charge in [0.15, 0.2) is 0 Å². The molecule has 1 aromatic rings. The normalized spacial score (nSPS) is 16.1. The molecule has 0 spiro atoms. The van der Waals surface area contributed by atoms with E-state index < -0.39 is 6.09 Å². The van der Waals surface area contributed by atoms with Crippen LogP contribution in [0.3, 0.4) is 0 Å². The number of amides is 1. The maximum absolute atomic E-state index is 10.4. The van der Waals surface area contributed by atoms with Crippen molar-refractivity contribution in [2.75, 3.05) is 0 Å². The van der Waals surface area contributed by atoms with Gasteiger partial charge in [0.25, 0.3) is 0 Å². The Labute approximate surface area is 118 Å². The maximum Gasteiger partial charge on any atom is 0.408 e. The Morgan fingerprint density at radius 2 is 2.20 bits per heavy atom. The summed E-state index contributed by atoms with van der Waals surface area (Å²) in [5.74, 6) is 0. The largest absolute Gasteiger partial charge is 0.465 e. The summed E-state index contributed by atoms with van der Waals surface area (Å²) in [5.41, 5.74) is 2.61. The second-order valence-corrected chi connectivity index (χ2v) is 4.90. The zero-order valence-corrected chi connectivity index (χ0v) is 11.5. The van der Waals surface area contributed by atoms with Gasteiger partial charge in [-0.25, -0.2) is 9.78 Å². The first-order valence-electron chi connectivity index (χ1n) is 6.65. The quantitative estimate of drug-likeness (QED) is 0.745. The lowest BCUT2D eigenvalue weighted by atomic mass is 10.1. The topological polar surface area (TPSA) is 74.2 Å². The highest BCUT2D eigenvalue weighted by atomic mass is 16.4. The molecule has 5 heteroatoms. The van der Waals surface area contributed by atoms with E-state index in [0.29, 0.717) is 11.7 Å². The van der Waals surface area contributed by atoms with Crippen molar-refractivity contribution in [1.82, 2.24) is 15.6 Å². The van der Waals surface area contributed by atoms with E-state index in [2.05, 4.69) is 29.1 Å². The number of nitrogens with one attached hydrogen (secondary N) is 2. The standard InChI is InChI=1S/C15H19N3O2/c1-3-12-8-11(10(2)17-13-4-5-13)9-14(18-12)6-7-16-15(19)20/h3,6-10,13,16-17H,1,4-5H2,2H3,(H,19,20). The number of aromatic nitrogens is 1. The molecule has 5 nitrogen and oxygen atoms in total. The Morgan fingerprint density at radius 1 is 1.50 bits per heavy atom. The summed E-state index contributed by atoms with van der Waals surface area (Å²) in [4.78, 5) is 14.8. The Balaban J connectivity index is 2.16. The van der Waals surface area contributed by atoms with Crippen LogP contribution in [0.15, 0.2) is 24.9 Å². The van der Waals surface area contributed by atoms with Crippen LogP contribution in [0.5, 0.6) is 0 Å². The Kier molecular flexibility index (Phi) is 4.53. The van der Waals surface area contributed by atoms with Crippen LogP contribution in [0.25, 0.3) is 12.2 Å². The molecule has 1 heterocycles. The monoisotopic (exact) mass is 273 g/mol. The predicted molar refractivity (Wildman–Crippen MR) is 79.1 cm³/mol. The number of hydrogen-bond donors (Lipinski definition) is 3. The Bertz CT molecular complexity index is 536. The van der Waals surface area contributed by atoms with Gasteiger partial charge in [0.2, 0.25) is 0 Å². The van der Waals surface area contributed by atoms with Gasteiger partial charge < -0.3 is 10.4 Å². The van der Waals surface area contributed by atoms with Crippen LogP contribution in [0.2, 0.25) is 0 Å². The number of hydrogen-bond acceptors (Lipinski definition) is 3. The number of carbonyl (C=O) groups is 1. The lowest BCUT2D eigenvalue weighted by molar-refractivity contribution is 0.198. The van der Waals surface area contributed by atoms with E-state index in [9.17, 15) is 4.79 Å². The van der Waals surface area contributed by atoms with Crippen LogP contribution in [-0.2, 0) is 0 Å². The minimum atomic E-state index is -1.09. The van der Waals surface area contributed by atoms with Crippen molar-refractivity contribution in [3.63, 3.8) is 0 Å². The third kappa shape index (κ3) is 4.20. The molecule has 0 radical (unpaired) electrons. The summed E-state index contributed by atoms with van der Waals surface area (Å²) >= 11 is 0. The van der Waals surface area contributed by atoms with Crippen LogP contribution in [0.1, 0.15) is 42.8 Å². The first-order chi connectivity index (χ1) is 9.58. The molecule has 2 rings (SSSR count). The fourth-order valence-corrected chi connectivity index (χ4v) is 1.93. The van der Waals surface area contributed by atoms with Crippen LogP contribution < -0.4 is 10.6 Å². The average molecular weight is 273 g/mol. The lowest BCUT2D eigenvalue weighted by Gasteiger charge is -2.14. The van der Waals surface area contributed by atoms with Crippen LogP contribution >= 0.6 is 0 Å². The van der Waals surface area contributed by atoms with Gasteiger partial charge in [-0.05, 0) is 49.6 Å².